The molecule has 0 aliphatic carbocycles. The van der Waals surface area contributed by atoms with Crippen molar-refractivity contribution < 1.29 is 0 Å². The molecule has 0 atom stereocenters. The van der Waals surface area contributed by atoms with E-state index in [2.05, 4.69) is 89.1 Å². The van der Waals surface area contributed by atoms with Crippen molar-refractivity contribution >= 4 is 0 Å². The summed E-state index contributed by atoms with van der Waals surface area (Å²) in [6, 6.07) is 25.6. The molecule has 4 nitrogen and oxygen atoms in total. The van der Waals surface area contributed by atoms with Gasteiger partial charge < -0.3 is 0 Å². The molecule has 0 radical (unpaired) electrons. The fourth-order valence-electron chi connectivity index (χ4n) is 5.37. The molecule has 5 rings (SSSR count). The van der Waals surface area contributed by atoms with Gasteiger partial charge in [-0.2, -0.15) is 0 Å². The second-order valence-corrected chi connectivity index (χ2v) is 10.4. The van der Waals surface area contributed by atoms with Gasteiger partial charge in [0.25, 0.3) is 0 Å². The van der Waals surface area contributed by atoms with Gasteiger partial charge in [-0.1, -0.05) is 60.5 Å². The number of piperazine rings is 1. The summed E-state index contributed by atoms with van der Waals surface area (Å²) in [5, 5.41) is 0. The highest BCUT2D eigenvalue weighted by Crippen LogP contribution is 2.22. The van der Waals surface area contributed by atoms with Crippen molar-refractivity contribution in [2.45, 2.75) is 39.8 Å². The van der Waals surface area contributed by atoms with Crippen LogP contribution < -0.4 is 0 Å². The van der Waals surface area contributed by atoms with Gasteiger partial charge in [0.2, 0.25) is 0 Å². The van der Waals surface area contributed by atoms with Gasteiger partial charge in [0, 0.05) is 69.6 Å². The van der Waals surface area contributed by atoms with Crippen LogP contribution in [0.5, 0.6) is 0 Å². The second-order valence-electron chi connectivity index (χ2n) is 10.4. The van der Waals surface area contributed by atoms with Crippen molar-refractivity contribution in [1.29, 1.82) is 0 Å². The van der Waals surface area contributed by atoms with Gasteiger partial charge in [0.05, 0.1) is 0 Å². The van der Waals surface area contributed by atoms with Crippen LogP contribution in [0.15, 0.2) is 79.0 Å². The summed E-state index contributed by atoms with van der Waals surface area (Å²) in [6.45, 7) is 11.0. The Morgan fingerprint density at radius 1 is 0.737 bits per heavy atom. The van der Waals surface area contributed by atoms with Crippen LogP contribution in [0.1, 0.15) is 50.5 Å². The Bertz CT molecular complexity index is 1370. The molecular weight excluding hydrogens is 464 g/mol. The predicted molar refractivity (Wildman–Crippen MR) is 155 cm³/mol. The minimum Gasteiger partial charge on any atom is -0.297 e. The van der Waals surface area contributed by atoms with E-state index in [4.69, 9.17) is 11.4 Å². The smallest absolute Gasteiger partial charge is 0.132 e. The third-order valence-electron chi connectivity index (χ3n) is 7.48. The lowest BCUT2D eigenvalue weighted by Crippen LogP contribution is -2.45. The van der Waals surface area contributed by atoms with Gasteiger partial charge in [-0.05, 0) is 65.4 Å². The van der Waals surface area contributed by atoms with Crippen LogP contribution >= 0.6 is 0 Å². The van der Waals surface area contributed by atoms with Crippen LogP contribution in [0.25, 0.3) is 0 Å². The third-order valence-corrected chi connectivity index (χ3v) is 7.48. The zero-order valence-corrected chi connectivity index (χ0v) is 22.5. The summed E-state index contributed by atoms with van der Waals surface area (Å²) in [5.74, 6) is 3.51. The maximum Gasteiger partial charge on any atom is 0.132 e. The van der Waals surface area contributed by atoms with Crippen LogP contribution in [0.3, 0.4) is 0 Å². The van der Waals surface area contributed by atoms with Crippen LogP contribution in [0, 0.1) is 26.2 Å². The minimum absolute atomic E-state index is 0.703. The van der Waals surface area contributed by atoms with E-state index in [1.54, 1.807) is 0 Å². The second kappa shape index (κ2) is 12.2. The first-order chi connectivity index (χ1) is 18.6. The van der Waals surface area contributed by atoms with E-state index in [-0.39, 0.29) is 0 Å². The molecule has 1 aliphatic heterocycles. The monoisotopic (exact) mass is 500 g/mol. The van der Waals surface area contributed by atoms with Crippen molar-refractivity contribution in [2.24, 2.45) is 0 Å². The van der Waals surface area contributed by atoms with Crippen molar-refractivity contribution in [2.75, 3.05) is 26.2 Å². The Kier molecular flexibility index (Phi) is 8.28. The van der Waals surface area contributed by atoms with E-state index in [0.29, 0.717) is 6.42 Å². The maximum absolute atomic E-state index is 5.48. The first-order valence-corrected chi connectivity index (χ1v) is 13.5. The standard InChI is InChI=1S/C34H36N4/c1-4-28-10-12-29(13-11-28)22-34-35-15-14-32(36-34)23-33-26(2)20-31(21-27(33)3)25-38-18-16-37(17-19-38)24-30-8-6-5-7-9-30/h1,5-15,20-21H,16-19,22-25H2,2-3H3. The molecule has 1 aliphatic rings. The highest BCUT2D eigenvalue weighted by atomic mass is 15.3. The highest BCUT2D eigenvalue weighted by molar-refractivity contribution is 5.40. The molecule has 3 aromatic carbocycles. The van der Waals surface area contributed by atoms with E-state index in [0.717, 1.165) is 62.8 Å². The van der Waals surface area contributed by atoms with Gasteiger partial charge in [-0.3, -0.25) is 9.80 Å². The quantitative estimate of drug-likeness (QED) is 0.296. The van der Waals surface area contributed by atoms with E-state index in [1.807, 2.05) is 24.4 Å². The lowest BCUT2D eigenvalue weighted by Gasteiger charge is -2.35. The van der Waals surface area contributed by atoms with E-state index >= 15 is 0 Å². The highest BCUT2D eigenvalue weighted by Gasteiger charge is 2.18. The topological polar surface area (TPSA) is 32.3 Å². The molecule has 0 amide bonds. The Hall–Kier alpha value is -3.78. The largest absolute Gasteiger partial charge is 0.297 e. The SMILES string of the molecule is C#Cc1ccc(Cc2nccc(Cc3c(C)cc(CN4CCN(Cc5ccccc5)CC4)cc3C)n2)cc1. The summed E-state index contributed by atoms with van der Waals surface area (Å²) in [7, 11) is 0. The average molecular weight is 501 g/mol. The molecule has 0 bridgehead atoms. The number of hydrogen-bond acceptors (Lipinski definition) is 4. The molecule has 1 saturated heterocycles. The normalized spacial score (nSPS) is 14.3. The van der Waals surface area contributed by atoms with Crippen LogP contribution in [0.4, 0.5) is 0 Å². The summed E-state index contributed by atoms with van der Waals surface area (Å²) in [5.41, 5.74) is 9.96. The first-order valence-electron chi connectivity index (χ1n) is 13.5. The molecule has 0 unspecified atom stereocenters. The van der Waals surface area contributed by atoms with Crippen molar-refractivity contribution in [1.82, 2.24) is 19.8 Å². The van der Waals surface area contributed by atoms with Gasteiger partial charge in [-0.25, -0.2) is 9.97 Å². The van der Waals surface area contributed by atoms with E-state index in [9.17, 15) is 0 Å². The van der Waals surface area contributed by atoms with Gasteiger partial charge in [0.1, 0.15) is 5.82 Å². The maximum atomic E-state index is 5.48. The molecule has 192 valence electrons. The molecule has 0 saturated carbocycles. The summed E-state index contributed by atoms with van der Waals surface area (Å²) >= 11 is 0. The molecule has 4 aromatic rings. The van der Waals surface area contributed by atoms with Crippen molar-refractivity contribution in [3.8, 4) is 12.3 Å². The van der Waals surface area contributed by atoms with Crippen LogP contribution in [-0.4, -0.2) is 45.9 Å². The number of benzene rings is 3. The summed E-state index contributed by atoms with van der Waals surface area (Å²) < 4.78 is 0. The van der Waals surface area contributed by atoms with Crippen LogP contribution in [-0.2, 0) is 25.9 Å². The van der Waals surface area contributed by atoms with E-state index in [1.165, 1.54) is 33.4 Å². The third kappa shape index (κ3) is 6.75. The number of aromatic nitrogens is 2. The summed E-state index contributed by atoms with van der Waals surface area (Å²) in [4.78, 5) is 14.5. The number of hydrogen-bond donors (Lipinski definition) is 0. The predicted octanol–water partition coefficient (Wildman–Crippen LogP) is 5.57. The molecular formula is C34H36N4. The Labute approximate surface area is 227 Å². The number of nitrogens with zero attached hydrogens (tertiary/aromatic N) is 4. The first kappa shape index (κ1) is 25.9. The number of terminal acetylenes is 1. The Balaban J connectivity index is 1.19. The lowest BCUT2D eigenvalue weighted by molar-refractivity contribution is 0.122. The zero-order chi connectivity index (χ0) is 26.3. The Morgan fingerprint density at radius 3 is 2.00 bits per heavy atom. The van der Waals surface area contributed by atoms with Gasteiger partial charge in [-0.15, -0.1) is 6.42 Å². The average Bonchev–Trinajstić information content (AvgIpc) is 2.93. The molecule has 1 aromatic heterocycles. The zero-order valence-electron chi connectivity index (χ0n) is 22.5. The molecule has 2 heterocycles. The number of aryl methyl sites for hydroxylation is 2. The molecule has 0 N–H and O–H groups in total. The van der Waals surface area contributed by atoms with Crippen LogP contribution in [0.2, 0.25) is 0 Å². The number of rotatable bonds is 8. The molecule has 0 spiro atoms. The fraction of sp³-hybridized carbons (Fsp3) is 0.294. The van der Waals surface area contributed by atoms with Crippen molar-refractivity contribution in [3.05, 3.63) is 129 Å². The molecule has 4 heteroatoms. The summed E-state index contributed by atoms with van der Waals surface area (Å²) in [6.07, 6.45) is 8.88. The van der Waals surface area contributed by atoms with Crippen molar-refractivity contribution in [3.63, 3.8) is 0 Å². The Morgan fingerprint density at radius 2 is 1.37 bits per heavy atom. The fourth-order valence-corrected chi connectivity index (χ4v) is 5.37. The molecule has 1 fully saturated rings. The van der Waals surface area contributed by atoms with E-state index < -0.39 is 0 Å². The van der Waals surface area contributed by atoms with Gasteiger partial charge >= 0.3 is 0 Å². The molecule has 38 heavy (non-hydrogen) atoms. The minimum atomic E-state index is 0.703. The van der Waals surface area contributed by atoms with Gasteiger partial charge in [0.15, 0.2) is 0 Å². The lowest BCUT2D eigenvalue weighted by atomic mass is 9.95.